The van der Waals surface area contributed by atoms with Gasteiger partial charge in [-0.1, -0.05) is 11.6 Å². The summed E-state index contributed by atoms with van der Waals surface area (Å²) >= 11 is 5.90. The molecule has 0 bridgehead atoms. The molecule has 0 spiro atoms. The summed E-state index contributed by atoms with van der Waals surface area (Å²) in [4.78, 5) is 22.9. The Morgan fingerprint density at radius 3 is 2.39 bits per heavy atom. The van der Waals surface area contributed by atoms with Crippen molar-refractivity contribution in [3.8, 4) is 5.75 Å². The number of carbonyl (C=O) groups excluding carboxylic acids is 2. The fraction of sp³-hybridized carbons (Fsp3) is 0.211. The predicted octanol–water partition coefficient (Wildman–Crippen LogP) is 2.14. The Balaban J connectivity index is 2.11. The molecule has 2 amide bonds. The fourth-order valence-corrected chi connectivity index (χ4v) is 3.54. The minimum absolute atomic E-state index is 0.289. The van der Waals surface area contributed by atoms with E-state index in [1.807, 2.05) is 0 Å². The van der Waals surface area contributed by atoms with Crippen molar-refractivity contribution in [2.45, 2.75) is 6.18 Å². The Kier molecular flexibility index (Phi) is 8.28. The SMILES string of the molecule is CS(=O)(=O)N(CC(=O)N/N=C\c1ccc(OCC(N)=O)cc1)c1cc(C(F)(F)F)ccc1Cl. The van der Waals surface area contributed by atoms with Crippen molar-refractivity contribution in [2.24, 2.45) is 10.8 Å². The van der Waals surface area contributed by atoms with Crippen molar-refractivity contribution < 1.29 is 35.9 Å². The number of benzene rings is 2. The molecular formula is C19H18ClF3N4O5S. The molecule has 0 aromatic heterocycles. The highest BCUT2D eigenvalue weighted by Crippen LogP contribution is 2.36. The molecular weight excluding hydrogens is 489 g/mol. The van der Waals surface area contributed by atoms with Crippen molar-refractivity contribution in [1.82, 2.24) is 5.43 Å². The summed E-state index contributed by atoms with van der Waals surface area (Å²) < 4.78 is 68.8. The number of carbonyl (C=O) groups is 2. The molecule has 9 nitrogen and oxygen atoms in total. The van der Waals surface area contributed by atoms with E-state index < -0.39 is 45.8 Å². The second kappa shape index (κ2) is 10.5. The topological polar surface area (TPSA) is 131 Å². The number of rotatable bonds is 9. The minimum Gasteiger partial charge on any atom is -0.484 e. The minimum atomic E-state index is -4.74. The highest BCUT2D eigenvalue weighted by Gasteiger charge is 2.33. The number of hydrogen-bond donors (Lipinski definition) is 2. The number of primary amides is 1. The number of anilines is 1. The third kappa shape index (κ3) is 7.95. The zero-order chi connectivity index (χ0) is 24.8. The Morgan fingerprint density at radius 1 is 1.21 bits per heavy atom. The summed E-state index contributed by atoms with van der Waals surface area (Å²) in [5.74, 6) is -1.19. The molecule has 3 N–H and O–H groups in total. The predicted molar refractivity (Wildman–Crippen MR) is 116 cm³/mol. The first kappa shape index (κ1) is 25.9. The summed E-state index contributed by atoms with van der Waals surface area (Å²) in [5.41, 5.74) is 5.95. The number of nitrogens with one attached hydrogen (secondary N) is 1. The van der Waals surface area contributed by atoms with Gasteiger partial charge < -0.3 is 10.5 Å². The van der Waals surface area contributed by atoms with Crippen LogP contribution < -0.4 is 20.2 Å². The van der Waals surface area contributed by atoms with Crippen molar-refractivity contribution >= 4 is 45.3 Å². The van der Waals surface area contributed by atoms with Crippen molar-refractivity contribution in [3.63, 3.8) is 0 Å². The van der Waals surface area contributed by atoms with Crippen LogP contribution >= 0.6 is 11.6 Å². The monoisotopic (exact) mass is 506 g/mol. The lowest BCUT2D eigenvalue weighted by atomic mass is 10.2. The van der Waals surface area contributed by atoms with Crippen molar-refractivity contribution in [3.05, 3.63) is 58.6 Å². The van der Waals surface area contributed by atoms with Crippen LogP contribution in [0.3, 0.4) is 0 Å². The molecule has 178 valence electrons. The number of nitrogens with two attached hydrogens (primary N) is 1. The highest BCUT2D eigenvalue weighted by atomic mass is 35.5. The second-order valence-corrected chi connectivity index (χ2v) is 8.86. The van der Waals surface area contributed by atoms with Crippen LogP contribution in [-0.2, 0) is 25.8 Å². The molecule has 0 heterocycles. The Labute approximate surface area is 192 Å². The first-order valence-electron chi connectivity index (χ1n) is 8.95. The third-order valence-electron chi connectivity index (χ3n) is 3.89. The summed E-state index contributed by atoms with van der Waals surface area (Å²) in [6.45, 7) is -1.16. The summed E-state index contributed by atoms with van der Waals surface area (Å²) in [5, 5.41) is 3.39. The van der Waals surface area contributed by atoms with Crippen LogP contribution in [0.15, 0.2) is 47.6 Å². The van der Waals surface area contributed by atoms with Crippen LogP contribution in [0.4, 0.5) is 18.9 Å². The molecule has 2 rings (SSSR count). The van der Waals surface area contributed by atoms with Gasteiger partial charge in [-0.05, 0) is 48.0 Å². The quantitative estimate of drug-likeness (QED) is 0.397. The molecule has 0 saturated carbocycles. The molecule has 0 radical (unpaired) electrons. The van der Waals surface area contributed by atoms with Crippen LogP contribution in [-0.4, -0.2) is 45.9 Å². The van der Waals surface area contributed by atoms with Gasteiger partial charge >= 0.3 is 6.18 Å². The van der Waals surface area contributed by atoms with Gasteiger partial charge in [-0.25, -0.2) is 13.8 Å². The summed E-state index contributed by atoms with van der Waals surface area (Å²) in [6.07, 6.45) is -2.78. The number of hydrogen-bond acceptors (Lipinski definition) is 6. The van der Waals surface area contributed by atoms with E-state index in [-0.39, 0.29) is 11.6 Å². The Hall–Kier alpha value is -3.32. The van der Waals surface area contributed by atoms with E-state index in [0.717, 1.165) is 12.3 Å². The average molecular weight is 507 g/mol. The Bertz CT molecular complexity index is 1160. The number of ether oxygens (including phenoxy) is 1. The van der Waals surface area contributed by atoms with Crippen LogP contribution in [0.1, 0.15) is 11.1 Å². The second-order valence-electron chi connectivity index (χ2n) is 6.55. The molecule has 2 aromatic carbocycles. The number of nitrogens with zero attached hydrogens (tertiary/aromatic N) is 2. The van der Waals surface area contributed by atoms with Crippen LogP contribution in [0.5, 0.6) is 5.75 Å². The molecule has 14 heteroatoms. The first-order chi connectivity index (χ1) is 15.3. The molecule has 2 aromatic rings. The van der Waals surface area contributed by atoms with E-state index in [2.05, 4.69) is 10.5 Å². The fourth-order valence-electron chi connectivity index (χ4n) is 2.41. The van der Waals surface area contributed by atoms with Gasteiger partial charge in [-0.2, -0.15) is 18.3 Å². The lowest BCUT2D eigenvalue weighted by Gasteiger charge is -2.23. The molecule has 33 heavy (non-hydrogen) atoms. The maximum Gasteiger partial charge on any atom is 0.416 e. The number of hydrazone groups is 1. The number of sulfonamides is 1. The molecule has 0 aliphatic rings. The summed E-state index contributed by atoms with van der Waals surface area (Å²) in [6, 6.07) is 8.28. The van der Waals surface area contributed by atoms with E-state index in [4.69, 9.17) is 22.1 Å². The van der Waals surface area contributed by atoms with Gasteiger partial charge in [-0.3, -0.25) is 13.9 Å². The van der Waals surface area contributed by atoms with Gasteiger partial charge in [0.25, 0.3) is 11.8 Å². The van der Waals surface area contributed by atoms with E-state index in [9.17, 15) is 31.2 Å². The van der Waals surface area contributed by atoms with Gasteiger partial charge in [0.2, 0.25) is 10.0 Å². The van der Waals surface area contributed by atoms with Gasteiger partial charge in [0.05, 0.1) is 28.7 Å². The van der Waals surface area contributed by atoms with Crippen molar-refractivity contribution in [2.75, 3.05) is 23.7 Å². The van der Waals surface area contributed by atoms with Crippen LogP contribution in [0.2, 0.25) is 5.02 Å². The normalized spacial score (nSPS) is 11.9. The highest BCUT2D eigenvalue weighted by molar-refractivity contribution is 7.92. The van der Waals surface area contributed by atoms with Gasteiger partial charge in [-0.15, -0.1) is 0 Å². The first-order valence-corrected chi connectivity index (χ1v) is 11.2. The van der Waals surface area contributed by atoms with E-state index in [0.29, 0.717) is 27.8 Å². The Morgan fingerprint density at radius 2 is 1.85 bits per heavy atom. The molecule has 0 aliphatic carbocycles. The van der Waals surface area contributed by atoms with E-state index in [1.165, 1.54) is 18.3 Å². The molecule has 0 aliphatic heterocycles. The van der Waals surface area contributed by atoms with Crippen molar-refractivity contribution in [1.29, 1.82) is 0 Å². The number of alkyl halides is 3. The van der Waals surface area contributed by atoms with Gasteiger partial charge in [0.15, 0.2) is 6.61 Å². The molecule has 0 unspecified atom stereocenters. The van der Waals surface area contributed by atoms with Crippen LogP contribution in [0.25, 0.3) is 0 Å². The zero-order valence-electron chi connectivity index (χ0n) is 17.0. The lowest BCUT2D eigenvalue weighted by molar-refractivity contribution is -0.137. The molecule has 0 saturated heterocycles. The van der Waals surface area contributed by atoms with Gasteiger partial charge in [0.1, 0.15) is 12.3 Å². The lowest BCUT2D eigenvalue weighted by Crippen LogP contribution is -2.39. The number of amides is 2. The van der Waals surface area contributed by atoms with E-state index >= 15 is 0 Å². The molecule has 0 atom stereocenters. The largest absolute Gasteiger partial charge is 0.484 e. The van der Waals surface area contributed by atoms with Crippen LogP contribution in [0, 0.1) is 0 Å². The average Bonchev–Trinajstić information content (AvgIpc) is 2.70. The maximum absolute atomic E-state index is 13.0. The maximum atomic E-state index is 13.0. The summed E-state index contributed by atoms with van der Waals surface area (Å²) in [7, 11) is -4.17. The van der Waals surface area contributed by atoms with Gasteiger partial charge in [0, 0.05) is 0 Å². The smallest absolute Gasteiger partial charge is 0.416 e. The van der Waals surface area contributed by atoms with E-state index in [1.54, 1.807) is 12.1 Å². The third-order valence-corrected chi connectivity index (χ3v) is 5.34. The standard InChI is InChI=1S/C19H18ClF3N4O5S/c1-33(30,31)27(16-8-13(19(21,22)23)4-7-15(16)20)10-18(29)26-25-9-12-2-5-14(6-3-12)32-11-17(24)28/h2-9H,10-11H2,1H3,(H2,24,28)(H,26,29)/b25-9-. The zero-order valence-corrected chi connectivity index (χ0v) is 18.5. The molecule has 0 fully saturated rings. The number of halogens is 4.